The Morgan fingerprint density at radius 2 is 1.97 bits per heavy atom. The van der Waals surface area contributed by atoms with Gasteiger partial charge in [0, 0.05) is 23.8 Å². The molecule has 0 saturated carbocycles. The number of benzene rings is 1. The van der Waals surface area contributed by atoms with Crippen LogP contribution in [0.2, 0.25) is 0 Å². The van der Waals surface area contributed by atoms with E-state index in [1.807, 2.05) is 18.2 Å². The van der Waals surface area contributed by atoms with Gasteiger partial charge in [-0.15, -0.1) is 0 Å². The second-order valence-corrected chi connectivity index (χ2v) is 7.58. The first-order valence-electron chi connectivity index (χ1n) is 10.0. The number of fused-ring (bicyclic) bond motifs is 1. The number of hydrogen-bond acceptors (Lipinski definition) is 5. The number of amides is 2. The zero-order valence-corrected chi connectivity index (χ0v) is 17.1. The Morgan fingerprint density at radius 3 is 2.77 bits per heavy atom. The third-order valence-electron chi connectivity index (χ3n) is 5.40. The number of hydrogen-bond donors (Lipinski definition) is 2. The van der Waals surface area contributed by atoms with Gasteiger partial charge in [-0.05, 0) is 50.1 Å². The van der Waals surface area contributed by atoms with Gasteiger partial charge >= 0.3 is 0 Å². The summed E-state index contributed by atoms with van der Waals surface area (Å²) in [4.78, 5) is 27.3. The fraction of sp³-hybridized carbons (Fsp3) is 0.304. The van der Waals surface area contributed by atoms with Crippen LogP contribution in [-0.2, 0) is 24.3 Å². The van der Waals surface area contributed by atoms with Gasteiger partial charge in [-0.1, -0.05) is 18.2 Å². The van der Waals surface area contributed by atoms with Gasteiger partial charge in [-0.3, -0.25) is 9.59 Å². The molecular weight excluding hydrogens is 382 g/mol. The molecule has 2 atom stereocenters. The van der Waals surface area contributed by atoms with E-state index in [2.05, 4.69) is 34.6 Å². The normalized spacial score (nSPS) is 16.2. The van der Waals surface area contributed by atoms with Crippen LogP contribution in [0.25, 0.3) is 0 Å². The Bertz CT molecular complexity index is 1020. The van der Waals surface area contributed by atoms with Crippen molar-refractivity contribution < 1.29 is 18.4 Å². The number of carbonyl (C=O) groups is 2. The Labute approximate surface area is 175 Å². The highest BCUT2D eigenvalue weighted by molar-refractivity contribution is 5.96. The van der Waals surface area contributed by atoms with Crippen molar-refractivity contribution in [2.45, 2.75) is 45.4 Å². The Kier molecular flexibility index (Phi) is 5.61. The quantitative estimate of drug-likeness (QED) is 0.628. The fourth-order valence-electron chi connectivity index (χ4n) is 3.78. The molecule has 2 N–H and O–H groups in total. The summed E-state index contributed by atoms with van der Waals surface area (Å²) in [6.45, 7) is 4.64. The lowest BCUT2D eigenvalue weighted by molar-refractivity contribution is -0.122. The molecule has 156 valence electrons. The van der Waals surface area contributed by atoms with Crippen LogP contribution in [0.5, 0.6) is 0 Å². The molecule has 1 aliphatic rings. The van der Waals surface area contributed by atoms with Crippen molar-refractivity contribution in [1.29, 1.82) is 0 Å². The number of furan rings is 2. The van der Waals surface area contributed by atoms with Crippen LogP contribution >= 0.6 is 0 Å². The fourth-order valence-corrected chi connectivity index (χ4v) is 3.78. The van der Waals surface area contributed by atoms with Crippen molar-refractivity contribution in [3.63, 3.8) is 0 Å². The maximum absolute atomic E-state index is 12.8. The summed E-state index contributed by atoms with van der Waals surface area (Å²) < 4.78 is 10.7. The molecule has 3 heterocycles. The minimum absolute atomic E-state index is 0.234. The van der Waals surface area contributed by atoms with E-state index in [-0.39, 0.29) is 18.2 Å². The molecule has 0 bridgehead atoms. The molecule has 0 radical (unpaired) electrons. The van der Waals surface area contributed by atoms with Gasteiger partial charge in [0.2, 0.25) is 5.91 Å². The highest BCUT2D eigenvalue weighted by atomic mass is 16.3. The summed E-state index contributed by atoms with van der Waals surface area (Å²) in [6, 6.07) is 13.3. The molecule has 1 aliphatic heterocycles. The minimum atomic E-state index is -0.711. The molecule has 4 rings (SSSR count). The number of rotatable bonds is 7. The standard InChI is InChI=1S/C23H25N3O4/c1-15-12-17-6-3-4-8-20(17)26(15)14-18-9-11-30-21(18)23(28)25-16(2)22(27)24-13-19-7-5-10-29-19/h3-11,15-16H,12-14H2,1-2H3,(H,24,27)(H,25,28). The molecule has 0 aliphatic carbocycles. The summed E-state index contributed by atoms with van der Waals surface area (Å²) in [5, 5.41) is 5.45. The van der Waals surface area contributed by atoms with Gasteiger partial charge < -0.3 is 24.4 Å². The van der Waals surface area contributed by atoms with Crippen LogP contribution in [0.3, 0.4) is 0 Å². The van der Waals surface area contributed by atoms with Gasteiger partial charge in [0.25, 0.3) is 5.91 Å². The molecule has 1 aromatic carbocycles. The second-order valence-electron chi connectivity index (χ2n) is 7.58. The average molecular weight is 407 g/mol. The number of anilines is 1. The summed E-state index contributed by atoms with van der Waals surface area (Å²) in [6.07, 6.45) is 4.03. The van der Waals surface area contributed by atoms with E-state index >= 15 is 0 Å². The van der Waals surface area contributed by atoms with Crippen LogP contribution in [0.4, 0.5) is 5.69 Å². The number of para-hydroxylation sites is 1. The van der Waals surface area contributed by atoms with Crippen molar-refractivity contribution in [2.24, 2.45) is 0 Å². The van der Waals surface area contributed by atoms with E-state index in [4.69, 9.17) is 8.83 Å². The topological polar surface area (TPSA) is 87.7 Å². The molecule has 7 nitrogen and oxygen atoms in total. The summed E-state index contributed by atoms with van der Waals surface area (Å²) in [5.41, 5.74) is 3.28. The lowest BCUT2D eigenvalue weighted by Gasteiger charge is -2.24. The van der Waals surface area contributed by atoms with Crippen LogP contribution in [-0.4, -0.2) is 23.9 Å². The van der Waals surface area contributed by atoms with Crippen LogP contribution in [0.1, 0.15) is 41.3 Å². The predicted octanol–water partition coefficient (Wildman–Crippen LogP) is 3.26. The lowest BCUT2D eigenvalue weighted by Crippen LogP contribution is -2.44. The smallest absolute Gasteiger partial charge is 0.287 e. The largest absolute Gasteiger partial charge is 0.467 e. The van der Waals surface area contributed by atoms with E-state index in [1.165, 1.54) is 17.5 Å². The van der Waals surface area contributed by atoms with Gasteiger partial charge in [0.05, 0.1) is 19.1 Å². The predicted molar refractivity (Wildman–Crippen MR) is 112 cm³/mol. The van der Waals surface area contributed by atoms with Gasteiger partial charge in [-0.25, -0.2) is 0 Å². The zero-order chi connectivity index (χ0) is 21.1. The molecule has 0 fully saturated rings. The third-order valence-corrected chi connectivity index (χ3v) is 5.40. The third kappa shape index (κ3) is 4.10. The zero-order valence-electron chi connectivity index (χ0n) is 17.1. The van der Waals surface area contributed by atoms with Crippen molar-refractivity contribution >= 4 is 17.5 Å². The van der Waals surface area contributed by atoms with Crippen LogP contribution in [0, 0.1) is 0 Å². The van der Waals surface area contributed by atoms with Crippen molar-refractivity contribution in [2.75, 3.05) is 4.90 Å². The molecule has 3 aromatic rings. The monoisotopic (exact) mass is 407 g/mol. The molecule has 7 heteroatoms. The molecule has 30 heavy (non-hydrogen) atoms. The van der Waals surface area contributed by atoms with E-state index in [1.54, 1.807) is 25.3 Å². The summed E-state index contributed by atoms with van der Waals surface area (Å²) in [5.74, 6) is 0.179. The van der Waals surface area contributed by atoms with Gasteiger partial charge in [0.1, 0.15) is 11.8 Å². The molecule has 2 aromatic heterocycles. The first-order valence-corrected chi connectivity index (χ1v) is 10.0. The van der Waals surface area contributed by atoms with Crippen molar-refractivity contribution in [3.05, 3.63) is 77.6 Å². The minimum Gasteiger partial charge on any atom is -0.467 e. The molecule has 2 unspecified atom stereocenters. The summed E-state index contributed by atoms with van der Waals surface area (Å²) >= 11 is 0. The van der Waals surface area contributed by atoms with Gasteiger partial charge in [-0.2, -0.15) is 0 Å². The SMILES string of the molecule is CC(NC(=O)c1occc1CN1c2ccccc2CC1C)C(=O)NCc1ccco1. The lowest BCUT2D eigenvalue weighted by atomic mass is 10.1. The first kappa shape index (κ1) is 19.8. The summed E-state index contributed by atoms with van der Waals surface area (Å²) in [7, 11) is 0. The van der Waals surface area contributed by atoms with E-state index < -0.39 is 11.9 Å². The number of carbonyl (C=O) groups excluding carboxylic acids is 2. The van der Waals surface area contributed by atoms with E-state index in [0.717, 1.165) is 12.0 Å². The second kappa shape index (κ2) is 8.49. The highest BCUT2D eigenvalue weighted by Gasteiger charge is 2.28. The Balaban J connectivity index is 1.39. The van der Waals surface area contributed by atoms with Crippen molar-refractivity contribution in [3.8, 4) is 0 Å². The Morgan fingerprint density at radius 1 is 1.13 bits per heavy atom. The maximum Gasteiger partial charge on any atom is 0.287 e. The van der Waals surface area contributed by atoms with Gasteiger partial charge in [0.15, 0.2) is 5.76 Å². The molecular formula is C23H25N3O4. The molecule has 0 spiro atoms. The Hall–Kier alpha value is -3.48. The molecule has 0 saturated heterocycles. The van der Waals surface area contributed by atoms with E-state index in [9.17, 15) is 9.59 Å². The van der Waals surface area contributed by atoms with Crippen LogP contribution in [0.15, 0.2) is 63.8 Å². The van der Waals surface area contributed by atoms with E-state index in [0.29, 0.717) is 18.3 Å². The highest BCUT2D eigenvalue weighted by Crippen LogP contribution is 2.33. The molecule has 2 amide bonds. The maximum atomic E-state index is 12.8. The number of nitrogens with one attached hydrogen (secondary N) is 2. The van der Waals surface area contributed by atoms with Crippen LogP contribution < -0.4 is 15.5 Å². The average Bonchev–Trinajstić information content (AvgIpc) is 3.47. The van der Waals surface area contributed by atoms with Crippen molar-refractivity contribution in [1.82, 2.24) is 10.6 Å². The first-order chi connectivity index (χ1) is 14.5. The number of nitrogens with zero attached hydrogens (tertiary/aromatic N) is 1.